The first-order valence-corrected chi connectivity index (χ1v) is 13.7. The number of piperidine rings is 1. The SMILES string of the molecule is CCCCNC(=O)N1CCC(c2cc3c(Cc4ccccc4)c(C(=O)CC4CC4)cnc3cc2F)CC1. The van der Waals surface area contributed by atoms with Crippen LogP contribution in [0.2, 0.25) is 0 Å². The number of aromatic nitrogens is 1. The fraction of sp³-hybridized carbons (Fsp3) is 0.452. The van der Waals surface area contributed by atoms with Gasteiger partial charge in [0.1, 0.15) is 5.82 Å². The van der Waals surface area contributed by atoms with E-state index in [-0.39, 0.29) is 23.5 Å². The molecule has 1 saturated carbocycles. The number of fused-ring (bicyclic) bond motifs is 1. The first-order chi connectivity index (χ1) is 18.0. The lowest BCUT2D eigenvalue weighted by molar-refractivity contribution is 0.0975. The molecule has 3 aromatic rings. The van der Waals surface area contributed by atoms with Crippen molar-refractivity contribution >= 4 is 22.7 Å². The quantitative estimate of drug-likeness (QED) is 0.264. The van der Waals surface area contributed by atoms with Gasteiger partial charge in [-0.25, -0.2) is 9.18 Å². The molecule has 0 spiro atoms. The maximum absolute atomic E-state index is 15.4. The minimum atomic E-state index is -0.256. The molecule has 5 rings (SSSR count). The van der Waals surface area contributed by atoms with E-state index >= 15 is 4.39 Å². The lowest BCUT2D eigenvalue weighted by Gasteiger charge is -2.32. The third-order valence-corrected chi connectivity index (χ3v) is 7.82. The minimum absolute atomic E-state index is 0.0273. The van der Waals surface area contributed by atoms with E-state index in [4.69, 9.17) is 0 Å². The Balaban J connectivity index is 1.43. The number of carbonyl (C=O) groups excluding carboxylic acids is 2. The summed E-state index contributed by atoms with van der Waals surface area (Å²) in [5.74, 6) is 0.394. The lowest BCUT2D eigenvalue weighted by Crippen LogP contribution is -2.44. The lowest BCUT2D eigenvalue weighted by atomic mass is 9.86. The van der Waals surface area contributed by atoms with E-state index in [2.05, 4.69) is 29.4 Å². The average Bonchev–Trinajstić information content (AvgIpc) is 3.73. The van der Waals surface area contributed by atoms with Crippen molar-refractivity contribution in [2.75, 3.05) is 19.6 Å². The first kappa shape index (κ1) is 25.4. The summed E-state index contributed by atoms with van der Waals surface area (Å²) in [6, 6.07) is 13.5. The summed E-state index contributed by atoms with van der Waals surface area (Å²) in [4.78, 5) is 32.1. The molecule has 1 saturated heterocycles. The Hall–Kier alpha value is -3.28. The molecule has 6 heteroatoms. The number of hydrogen-bond acceptors (Lipinski definition) is 3. The molecule has 5 nitrogen and oxygen atoms in total. The third-order valence-electron chi connectivity index (χ3n) is 7.82. The van der Waals surface area contributed by atoms with Gasteiger partial charge in [-0.05, 0) is 73.1 Å². The number of Topliss-reactive ketones (excluding diaryl/α,β-unsaturated/α-hetero) is 1. The smallest absolute Gasteiger partial charge is 0.317 e. The number of halogens is 1. The molecule has 1 aromatic heterocycles. The summed E-state index contributed by atoms with van der Waals surface area (Å²) < 4.78 is 15.4. The molecule has 2 heterocycles. The van der Waals surface area contributed by atoms with Gasteiger partial charge in [-0.15, -0.1) is 0 Å². The molecule has 194 valence electrons. The number of likely N-dealkylation sites (tertiary alicyclic amines) is 1. The van der Waals surface area contributed by atoms with E-state index in [1.54, 1.807) is 6.20 Å². The van der Waals surface area contributed by atoms with Crippen molar-refractivity contribution in [2.45, 2.75) is 64.2 Å². The van der Waals surface area contributed by atoms with Gasteiger partial charge in [0.2, 0.25) is 0 Å². The van der Waals surface area contributed by atoms with Crippen molar-refractivity contribution in [3.63, 3.8) is 0 Å². The van der Waals surface area contributed by atoms with E-state index in [0.717, 1.165) is 42.2 Å². The van der Waals surface area contributed by atoms with Gasteiger partial charge in [0.15, 0.2) is 5.78 Å². The van der Waals surface area contributed by atoms with Crippen LogP contribution in [0, 0.1) is 11.7 Å². The van der Waals surface area contributed by atoms with E-state index < -0.39 is 0 Å². The second-order valence-electron chi connectivity index (χ2n) is 10.6. The molecule has 2 aliphatic rings. The van der Waals surface area contributed by atoms with Crippen LogP contribution in [0.3, 0.4) is 0 Å². The van der Waals surface area contributed by atoms with Crippen LogP contribution < -0.4 is 5.32 Å². The molecule has 0 bridgehead atoms. The molecule has 37 heavy (non-hydrogen) atoms. The molecular weight excluding hydrogens is 465 g/mol. The fourth-order valence-electron chi connectivity index (χ4n) is 5.40. The van der Waals surface area contributed by atoms with Crippen LogP contribution in [0.25, 0.3) is 10.9 Å². The monoisotopic (exact) mass is 501 g/mol. The van der Waals surface area contributed by atoms with Gasteiger partial charge in [-0.2, -0.15) is 0 Å². The van der Waals surface area contributed by atoms with Gasteiger partial charge in [-0.3, -0.25) is 9.78 Å². The number of urea groups is 1. The van der Waals surface area contributed by atoms with E-state index in [0.29, 0.717) is 67.9 Å². The maximum Gasteiger partial charge on any atom is 0.317 e. The van der Waals surface area contributed by atoms with Crippen LogP contribution in [0.1, 0.15) is 84.8 Å². The fourth-order valence-corrected chi connectivity index (χ4v) is 5.40. The number of nitrogens with one attached hydrogen (secondary N) is 1. The highest BCUT2D eigenvalue weighted by atomic mass is 19.1. The standard InChI is InChI=1S/C31H36FN3O2/c1-2-3-13-33-31(37)35-14-11-23(12-15-35)24-18-26-25(16-21-7-5-4-6-8-21)27(30(36)17-22-9-10-22)20-34-29(26)19-28(24)32/h4-8,18-20,22-23H,2-3,9-17H2,1H3,(H,33,37). The normalized spacial score (nSPS) is 16.2. The zero-order chi connectivity index (χ0) is 25.8. The Labute approximate surface area is 218 Å². The summed E-state index contributed by atoms with van der Waals surface area (Å²) in [5.41, 5.74) is 3.98. The number of ketones is 1. The zero-order valence-electron chi connectivity index (χ0n) is 21.6. The number of unbranched alkanes of at least 4 members (excludes halogenated alkanes) is 1. The molecule has 2 amide bonds. The second kappa shape index (κ2) is 11.4. The summed E-state index contributed by atoms with van der Waals surface area (Å²) in [7, 11) is 0. The number of carbonyl (C=O) groups is 2. The van der Waals surface area contributed by atoms with Crippen molar-refractivity contribution in [3.05, 3.63) is 76.7 Å². The number of pyridine rings is 1. The van der Waals surface area contributed by atoms with Gasteiger partial charge < -0.3 is 10.2 Å². The number of benzene rings is 2. The molecule has 0 unspecified atom stereocenters. The van der Waals surface area contributed by atoms with Crippen molar-refractivity contribution in [1.29, 1.82) is 0 Å². The predicted molar refractivity (Wildman–Crippen MR) is 144 cm³/mol. The summed E-state index contributed by atoms with van der Waals surface area (Å²) in [5, 5.41) is 3.84. The molecule has 0 atom stereocenters. The van der Waals surface area contributed by atoms with E-state index in [1.165, 1.54) is 6.07 Å². The molecular formula is C31H36FN3O2. The van der Waals surface area contributed by atoms with E-state index in [9.17, 15) is 9.59 Å². The van der Waals surface area contributed by atoms with Crippen molar-refractivity contribution in [2.24, 2.45) is 5.92 Å². The topological polar surface area (TPSA) is 62.3 Å². The van der Waals surface area contributed by atoms with Crippen molar-refractivity contribution in [1.82, 2.24) is 15.2 Å². The van der Waals surface area contributed by atoms with Crippen LogP contribution in [0.5, 0.6) is 0 Å². The molecule has 1 aliphatic carbocycles. The van der Waals surface area contributed by atoms with Crippen LogP contribution in [0.15, 0.2) is 48.7 Å². The van der Waals surface area contributed by atoms with Crippen LogP contribution in [-0.2, 0) is 6.42 Å². The van der Waals surface area contributed by atoms with Crippen molar-refractivity contribution < 1.29 is 14.0 Å². The summed E-state index contributed by atoms with van der Waals surface area (Å²) in [6.07, 6.45) is 8.48. The van der Waals surface area contributed by atoms with Gasteiger partial charge >= 0.3 is 6.03 Å². The first-order valence-electron chi connectivity index (χ1n) is 13.7. The highest BCUT2D eigenvalue weighted by molar-refractivity contribution is 6.02. The molecule has 2 fully saturated rings. The minimum Gasteiger partial charge on any atom is -0.338 e. The summed E-state index contributed by atoms with van der Waals surface area (Å²) in [6.45, 7) is 4.00. The summed E-state index contributed by atoms with van der Waals surface area (Å²) >= 11 is 0. The predicted octanol–water partition coefficient (Wildman–Crippen LogP) is 6.64. The number of hydrogen-bond donors (Lipinski definition) is 1. The number of nitrogens with zero attached hydrogens (tertiary/aromatic N) is 2. The molecule has 0 radical (unpaired) electrons. The molecule has 1 N–H and O–H groups in total. The Morgan fingerprint density at radius 1 is 1.08 bits per heavy atom. The number of amides is 2. The van der Waals surface area contributed by atoms with Gasteiger partial charge in [0.05, 0.1) is 5.52 Å². The second-order valence-corrected chi connectivity index (χ2v) is 10.6. The zero-order valence-corrected chi connectivity index (χ0v) is 21.6. The van der Waals surface area contributed by atoms with Crippen LogP contribution >= 0.6 is 0 Å². The largest absolute Gasteiger partial charge is 0.338 e. The van der Waals surface area contributed by atoms with Crippen molar-refractivity contribution in [3.8, 4) is 0 Å². The van der Waals surface area contributed by atoms with E-state index in [1.807, 2.05) is 29.2 Å². The van der Waals surface area contributed by atoms with Gasteiger partial charge in [-0.1, -0.05) is 43.7 Å². The Bertz CT molecular complexity index is 1260. The van der Waals surface area contributed by atoms with Gasteiger partial charge in [0, 0.05) is 49.3 Å². The molecule has 1 aliphatic heterocycles. The Kier molecular flexibility index (Phi) is 7.82. The average molecular weight is 502 g/mol. The highest BCUT2D eigenvalue weighted by Crippen LogP contribution is 2.37. The van der Waals surface area contributed by atoms with Gasteiger partial charge in [0.25, 0.3) is 0 Å². The number of rotatable bonds is 9. The third kappa shape index (κ3) is 6.00. The highest BCUT2D eigenvalue weighted by Gasteiger charge is 2.29. The van der Waals surface area contributed by atoms with Crippen LogP contribution in [0.4, 0.5) is 9.18 Å². The Morgan fingerprint density at radius 2 is 1.84 bits per heavy atom. The van der Waals surface area contributed by atoms with Crippen LogP contribution in [-0.4, -0.2) is 41.3 Å². The maximum atomic E-state index is 15.4. The Morgan fingerprint density at radius 3 is 2.54 bits per heavy atom. The molecule has 2 aromatic carbocycles.